The van der Waals surface area contributed by atoms with Crippen molar-refractivity contribution < 1.29 is 4.79 Å². The van der Waals surface area contributed by atoms with Crippen LogP contribution >= 0.6 is 22.7 Å². The predicted molar refractivity (Wildman–Crippen MR) is 96.9 cm³/mol. The van der Waals surface area contributed by atoms with Crippen LogP contribution in [0, 0.1) is 11.3 Å². The van der Waals surface area contributed by atoms with Gasteiger partial charge in [-0.15, -0.1) is 22.7 Å². The summed E-state index contributed by atoms with van der Waals surface area (Å²) in [6.45, 7) is 0. The Hall–Kier alpha value is -2.82. The quantitative estimate of drug-likeness (QED) is 0.704. The zero-order valence-corrected chi connectivity index (χ0v) is 14.1. The fourth-order valence-corrected chi connectivity index (χ4v) is 3.58. The van der Waals surface area contributed by atoms with Gasteiger partial charge in [0.15, 0.2) is 0 Å². The van der Waals surface area contributed by atoms with Crippen molar-refractivity contribution in [1.29, 1.82) is 5.26 Å². The number of aromatic nitrogens is 1. The van der Waals surface area contributed by atoms with E-state index in [2.05, 4.69) is 16.0 Å². The minimum absolute atomic E-state index is 0.422. The maximum atomic E-state index is 11.0. The lowest BCUT2D eigenvalue weighted by molar-refractivity contribution is 0.100. The maximum Gasteiger partial charge on any atom is 0.248 e. The summed E-state index contributed by atoms with van der Waals surface area (Å²) in [4.78, 5) is 20.9. The number of aliphatic imine (C=N–C) groups is 1. The van der Waals surface area contributed by atoms with E-state index in [1.54, 1.807) is 41.8 Å². The van der Waals surface area contributed by atoms with Crippen LogP contribution in [0.25, 0.3) is 10.6 Å². The highest BCUT2D eigenvalue weighted by atomic mass is 32.1. The zero-order chi connectivity index (χ0) is 16.9. The molecule has 0 aliphatic carbocycles. The molecule has 1 unspecified atom stereocenters. The van der Waals surface area contributed by atoms with Crippen molar-refractivity contribution >= 4 is 40.5 Å². The number of thiazole rings is 1. The second kappa shape index (κ2) is 7.17. The van der Waals surface area contributed by atoms with E-state index in [1.807, 2.05) is 22.9 Å². The lowest BCUT2D eigenvalue weighted by Crippen LogP contribution is -2.10. The second-order valence-corrected chi connectivity index (χ2v) is 6.68. The average molecular weight is 352 g/mol. The molecule has 2 heterocycles. The third-order valence-electron chi connectivity index (χ3n) is 3.23. The standard InChI is InChI=1S/C17H12N4OS2/c18-8-12(9-20-13-5-3-11(4-6-13)16(19)22)17-21-14(10-24-17)15-2-1-7-23-15/h1-7,9-10,12H,(H2,19,22). The summed E-state index contributed by atoms with van der Waals surface area (Å²) in [6.07, 6.45) is 1.57. The molecule has 0 fully saturated rings. The van der Waals surface area contributed by atoms with Crippen LogP contribution in [0.2, 0.25) is 0 Å². The van der Waals surface area contributed by atoms with E-state index in [4.69, 9.17) is 5.73 Å². The molecule has 1 atom stereocenters. The van der Waals surface area contributed by atoms with Crippen molar-refractivity contribution in [2.45, 2.75) is 5.92 Å². The van der Waals surface area contributed by atoms with E-state index in [0.29, 0.717) is 16.3 Å². The topological polar surface area (TPSA) is 92.1 Å². The van der Waals surface area contributed by atoms with Crippen molar-refractivity contribution in [3.05, 3.63) is 57.7 Å². The Morgan fingerprint density at radius 1 is 1.29 bits per heavy atom. The number of carbonyl (C=O) groups is 1. The van der Waals surface area contributed by atoms with Crippen molar-refractivity contribution in [2.75, 3.05) is 0 Å². The molecule has 118 valence electrons. The summed E-state index contributed by atoms with van der Waals surface area (Å²) in [5.74, 6) is -0.996. The van der Waals surface area contributed by atoms with Crippen molar-refractivity contribution in [3.63, 3.8) is 0 Å². The van der Waals surface area contributed by atoms with Gasteiger partial charge in [0.25, 0.3) is 0 Å². The number of nitriles is 1. The molecule has 0 aliphatic rings. The SMILES string of the molecule is N#CC(C=Nc1ccc(C(N)=O)cc1)c1nc(-c2cccs2)cs1. The summed E-state index contributed by atoms with van der Waals surface area (Å²) >= 11 is 3.05. The Kier molecular flexibility index (Phi) is 4.79. The van der Waals surface area contributed by atoms with E-state index >= 15 is 0 Å². The highest BCUT2D eigenvalue weighted by Crippen LogP contribution is 2.29. The molecular weight excluding hydrogens is 340 g/mol. The van der Waals surface area contributed by atoms with Crippen molar-refractivity contribution in [3.8, 4) is 16.6 Å². The van der Waals surface area contributed by atoms with E-state index in [9.17, 15) is 10.1 Å². The first-order chi connectivity index (χ1) is 11.7. The van der Waals surface area contributed by atoms with Crippen LogP contribution in [0.3, 0.4) is 0 Å². The number of primary amides is 1. The van der Waals surface area contributed by atoms with Crippen LogP contribution in [0.15, 0.2) is 52.2 Å². The van der Waals surface area contributed by atoms with Crippen LogP contribution in [-0.4, -0.2) is 17.1 Å². The number of hydrogen-bond donors (Lipinski definition) is 1. The predicted octanol–water partition coefficient (Wildman–Crippen LogP) is 3.98. The first-order valence-electron chi connectivity index (χ1n) is 7.00. The Morgan fingerprint density at radius 3 is 2.71 bits per heavy atom. The molecule has 2 aromatic heterocycles. The molecular formula is C17H12N4OS2. The molecule has 3 aromatic rings. The number of hydrogen-bond acceptors (Lipinski definition) is 6. The molecule has 1 amide bonds. The molecule has 1 aromatic carbocycles. The number of amides is 1. The molecule has 3 rings (SSSR count). The largest absolute Gasteiger partial charge is 0.366 e. The monoisotopic (exact) mass is 352 g/mol. The molecule has 0 saturated heterocycles. The third kappa shape index (κ3) is 3.56. The molecule has 0 radical (unpaired) electrons. The van der Waals surface area contributed by atoms with E-state index in [-0.39, 0.29) is 0 Å². The van der Waals surface area contributed by atoms with Gasteiger partial charge in [0.1, 0.15) is 10.9 Å². The Bertz CT molecular complexity index is 905. The van der Waals surface area contributed by atoms with Crippen molar-refractivity contribution in [1.82, 2.24) is 4.98 Å². The summed E-state index contributed by atoms with van der Waals surface area (Å²) in [6, 6.07) is 12.8. The Labute approximate surface area is 146 Å². The van der Waals surface area contributed by atoms with Gasteiger partial charge in [0.05, 0.1) is 22.3 Å². The fourth-order valence-electron chi connectivity index (χ4n) is 1.99. The number of nitrogens with zero attached hydrogens (tertiary/aromatic N) is 3. The molecule has 0 spiro atoms. The normalized spacial score (nSPS) is 12.1. The van der Waals surface area contributed by atoms with Gasteiger partial charge in [-0.25, -0.2) is 4.98 Å². The van der Waals surface area contributed by atoms with Gasteiger partial charge < -0.3 is 5.73 Å². The smallest absolute Gasteiger partial charge is 0.248 e. The lowest BCUT2D eigenvalue weighted by atomic mass is 10.2. The third-order valence-corrected chi connectivity index (χ3v) is 5.05. The molecule has 7 heteroatoms. The lowest BCUT2D eigenvalue weighted by Gasteiger charge is -1.99. The first-order valence-corrected chi connectivity index (χ1v) is 8.76. The van der Waals surface area contributed by atoms with Gasteiger partial charge in [-0.05, 0) is 35.7 Å². The van der Waals surface area contributed by atoms with Crippen LogP contribution in [0.1, 0.15) is 21.3 Å². The fraction of sp³-hybridized carbons (Fsp3) is 0.0588. The molecule has 0 bridgehead atoms. The molecule has 0 saturated carbocycles. The molecule has 2 N–H and O–H groups in total. The van der Waals surface area contributed by atoms with E-state index < -0.39 is 11.8 Å². The number of carbonyl (C=O) groups excluding carboxylic acids is 1. The second-order valence-electron chi connectivity index (χ2n) is 4.84. The summed E-state index contributed by atoms with van der Waals surface area (Å²) in [7, 11) is 0. The highest BCUT2D eigenvalue weighted by molar-refractivity contribution is 7.14. The van der Waals surface area contributed by atoms with Gasteiger partial charge in [0.2, 0.25) is 5.91 Å². The Balaban J connectivity index is 1.77. The van der Waals surface area contributed by atoms with Crippen LogP contribution in [0.4, 0.5) is 5.69 Å². The minimum Gasteiger partial charge on any atom is -0.366 e. The molecule has 0 aliphatic heterocycles. The first kappa shape index (κ1) is 16.1. The molecule has 5 nitrogen and oxygen atoms in total. The maximum absolute atomic E-state index is 11.0. The van der Waals surface area contributed by atoms with Gasteiger partial charge in [0, 0.05) is 17.2 Å². The molecule has 24 heavy (non-hydrogen) atoms. The summed E-state index contributed by atoms with van der Waals surface area (Å²) in [5.41, 5.74) is 7.15. The number of benzene rings is 1. The van der Waals surface area contributed by atoms with Gasteiger partial charge in [-0.1, -0.05) is 6.07 Å². The Morgan fingerprint density at radius 2 is 2.08 bits per heavy atom. The average Bonchev–Trinajstić information content (AvgIpc) is 3.27. The van der Waals surface area contributed by atoms with Crippen LogP contribution < -0.4 is 5.73 Å². The van der Waals surface area contributed by atoms with Crippen LogP contribution in [0.5, 0.6) is 0 Å². The van der Waals surface area contributed by atoms with Gasteiger partial charge >= 0.3 is 0 Å². The van der Waals surface area contributed by atoms with Crippen molar-refractivity contribution in [2.24, 2.45) is 10.7 Å². The highest BCUT2D eigenvalue weighted by Gasteiger charge is 2.14. The number of rotatable bonds is 5. The van der Waals surface area contributed by atoms with Gasteiger partial charge in [-0.2, -0.15) is 5.26 Å². The van der Waals surface area contributed by atoms with E-state index in [0.717, 1.165) is 10.6 Å². The van der Waals surface area contributed by atoms with Crippen LogP contribution in [-0.2, 0) is 0 Å². The zero-order valence-electron chi connectivity index (χ0n) is 12.4. The van der Waals surface area contributed by atoms with E-state index in [1.165, 1.54) is 11.3 Å². The summed E-state index contributed by atoms with van der Waals surface area (Å²) < 4.78 is 0. The minimum atomic E-state index is -0.514. The summed E-state index contributed by atoms with van der Waals surface area (Å²) in [5, 5.41) is 14.0. The van der Waals surface area contributed by atoms with Gasteiger partial charge in [-0.3, -0.25) is 9.79 Å². The number of thiophene rings is 1. The number of nitrogens with two attached hydrogens (primary N) is 1.